The van der Waals surface area contributed by atoms with E-state index in [2.05, 4.69) is 47.8 Å². The second-order valence-electron chi connectivity index (χ2n) is 5.24. The zero-order valence-electron chi connectivity index (χ0n) is 14.9. The third-order valence-electron chi connectivity index (χ3n) is 3.05. The summed E-state index contributed by atoms with van der Waals surface area (Å²) in [5.74, 6) is 1.17. The van der Waals surface area contributed by atoms with Crippen LogP contribution in [0.25, 0.3) is 0 Å². The average molecular weight is 449 g/mol. The second-order valence-corrected chi connectivity index (χ2v) is 8.42. The van der Waals surface area contributed by atoms with Crippen LogP contribution in [0.15, 0.2) is 51.5 Å². The molecule has 2 heterocycles. The molecule has 0 saturated heterocycles. The smallest absolute Gasteiger partial charge is 0.240 e. The number of benzene rings is 1. The zero-order chi connectivity index (χ0) is 20.5. The fraction of sp³-hybridized carbons (Fsp3) is 0.125. The van der Waals surface area contributed by atoms with Crippen molar-refractivity contribution < 1.29 is 9.90 Å². The van der Waals surface area contributed by atoms with Gasteiger partial charge in [-0.3, -0.25) is 10.1 Å². The molecule has 0 aliphatic carbocycles. The van der Waals surface area contributed by atoms with Crippen molar-refractivity contribution in [1.82, 2.24) is 25.4 Å². The summed E-state index contributed by atoms with van der Waals surface area (Å²) in [6.45, 7) is 3.65. The molecule has 0 spiro atoms. The van der Waals surface area contributed by atoms with Crippen LogP contribution in [0, 0.1) is 0 Å². The van der Waals surface area contributed by atoms with Gasteiger partial charge in [0.15, 0.2) is 4.34 Å². The van der Waals surface area contributed by atoms with E-state index >= 15 is 0 Å². The lowest BCUT2D eigenvalue weighted by atomic mass is 10.2. The molecule has 0 unspecified atom stereocenters. The Bertz CT molecular complexity index is 986. The molecule has 3 aromatic rings. The minimum atomic E-state index is -0.226. The van der Waals surface area contributed by atoms with E-state index < -0.39 is 0 Å². The lowest BCUT2D eigenvalue weighted by molar-refractivity contribution is -0.113. The molecule has 1 aromatic carbocycles. The number of aromatic hydroxyl groups is 1. The minimum Gasteiger partial charge on any atom is -0.508 e. The maximum atomic E-state index is 12.0. The molecule has 0 atom stereocenters. The standard InChI is InChI=1S/C16H16N8O2S3/c1-2-7-27-16-24-23-15(29-16)18-12(26)9-28-14-19-13(21-22-14)20-17-8-10-3-5-11(25)6-4-10/h2-6,8,25H,1,7,9H2,(H,18,23,26)(H2,19,20,21,22). The Balaban J connectivity index is 1.42. The molecule has 0 saturated carbocycles. The quantitative estimate of drug-likeness (QED) is 0.121. The minimum absolute atomic E-state index is 0.128. The SMILES string of the molecule is C=CCSc1nnc(NC(=O)CSc2n[nH]c(NN=Cc3ccc(O)cc3)n2)s1. The van der Waals surface area contributed by atoms with Gasteiger partial charge in [-0.25, -0.2) is 10.5 Å². The topological polar surface area (TPSA) is 141 Å². The number of nitrogens with zero attached hydrogens (tertiary/aromatic N) is 5. The van der Waals surface area contributed by atoms with Crippen LogP contribution in [-0.4, -0.2) is 54.1 Å². The van der Waals surface area contributed by atoms with Crippen molar-refractivity contribution >= 4 is 58.1 Å². The molecule has 0 radical (unpaired) electrons. The second kappa shape index (κ2) is 10.6. The van der Waals surface area contributed by atoms with Crippen molar-refractivity contribution in [2.45, 2.75) is 9.50 Å². The maximum Gasteiger partial charge on any atom is 0.240 e. The van der Waals surface area contributed by atoms with Crippen LogP contribution in [0.2, 0.25) is 0 Å². The molecule has 0 bridgehead atoms. The van der Waals surface area contributed by atoms with Gasteiger partial charge in [0.05, 0.1) is 12.0 Å². The first kappa shape index (κ1) is 20.8. The highest BCUT2D eigenvalue weighted by atomic mass is 32.2. The third-order valence-corrected chi connectivity index (χ3v) is 5.87. The highest BCUT2D eigenvalue weighted by Gasteiger charge is 2.11. The zero-order valence-corrected chi connectivity index (χ0v) is 17.4. The fourth-order valence-electron chi connectivity index (χ4n) is 1.82. The number of nitrogens with one attached hydrogen (secondary N) is 3. The largest absolute Gasteiger partial charge is 0.508 e. The molecule has 0 fully saturated rings. The first-order chi connectivity index (χ1) is 14.1. The number of thioether (sulfide) groups is 2. The number of hydrazone groups is 1. The summed E-state index contributed by atoms with van der Waals surface area (Å²) in [7, 11) is 0. The van der Waals surface area contributed by atoms with Crippen LogP contribution in [0.1, 0.15) is 5.56 Å². The van der Waals surface area contributed by atoms with Gasteiger partial charge >= 0.3 is 0 Å². The van der Waals surface area contributed by atoms with Crippen LogP contribution in [0.3, 0.4) is 0 Å². The number of hydrogen-bond donors (Lipinski definition) is 4. The number of hydrogen-bond acceptors (Lipinski definition) is 11. The highest BCUT2D eigenvalue weighted by molar-refractivity contribution is 8.01. The Morgan fingerprint density at radius 1 is 1.31 bits per heavy atom. The van der Waals surface area contributed by atoms with E-state index in [1.165, 1.54) is 34.9 Å². The molecule has 3 rings (SSSR count). The van der Waals surface area contributed by atoms with E-state index in [9.17, 15) is 9.90 Å². The Morgan fingerprint density at radius 2 is 2.14 bits per heavy atom. The summed E-state index contributed by atoms with van der Waals surface area (Å²) in [5, 5.41) is 31.4. The molecule has 4 N–H and O–H groups in total. The lowest BCUT2D eigenvalue weighted by Crippen LogP contribution is -2.13. The highest BCUT2D eigenvalue weighted by Crippen LogP contribution is 2.25. The van der Waals surface area contributed by atoms with E-state index in [1.54, 1.807) is 36.6 Å². The van der Waals surface area contributed by atoms with Gasteiger partial charge in [-0.2, -0.15) is 10.1 Å². The molecular formula is C16H16N8O2S3. The van der Waals surface area contributed by atoms with Gasteiger partial charge < -0.3 is 5.11 Å². The summed E-state index contributed by atoms with van der Waals surface area (Å²) in [6, 6.07) is 6.58. The van der Waals surface area contributed by atoms with Gasteiger partial charge in [0, 0.05) is 5.75 Å². The Labute approximate surface area is 178 Å². The van der Waals surface area contributed by atoms with Gasteiger partial charge in [-0.15, -0.1) is 21.9 Å². The molecule has 13 heteroatoms. The van der Waals surface area contributed by atoms with Crippen molar-refractivity contribution in [3.63, 3.8) is 0 Å². The summed E-state index contributed by atoms with van der Waals surface area (Å²) >= 11 is 3.99. The van der Waals surface area contributed by atoms with Gasteiger partial charge in [0.25, 0.3) is 0 Å². The molecule has 10 nitrogen and oxygen atoms in total. The number of aromatic nitrogens is 5. The summed E-state index contributed by atoms with van der Waals surface area (Å²) < 4.78 is 0.769. The molecule has 29 heavy (non-hydrogen) atoms. The number of anilines is 2. The number of amides is 1. The van der Waals surface area contributed by atoms with Crippen LogP contribution < -0.4 is 10.7 Å². The van der Waals surface area contributed by atoms with Crippen molar-refractivity contribution in [2.24, 2.45) is 5.10 Å². The van der Waals surface area contributed by atoms with Crippen LogP contribution in [-0.2, 0) is 4.79 Å². The van der Waals surface area contributed by atoms with E-state index in [0.29, 0.717) is 16.2 Å². The number of carbonyl (C=O) groups is 1. The van der Waals surface area contributed by atoms with E-state index in [-0.39, 0.29) is 17.4 Å². The molecular weight excluding hydrogens is 432 g/mol. The predicted octanol–water partition coefficient (Wildman–Crippen LogP) is 2.82. The average Bonchev–Trinajstić information content (AvgIpc) is 3.36. The molecule has 1 amide bonds. The molecule has 0 aliphatic rings. The van der Waals surface area contributed by atoms with Crippen LogP contribution in [0.5, 0.6) is 5.75 Å². The van der Waals surface area contributed by atoms with Gasteiger partial charge in [-0.1, -0.05) is 40.9 Å². The first-order valence-corrected chi connectivity index (χ1v) is 10.9. The number of rotatable bonds is 10. The maximum absolute atomic E-state index is 12.0. The summed E-state index contributed by atoms with van der Waals surface area (Å²) in [6.07, 6.45) is 3.35. The number of H-pyrrole nitrogens is 1. The molecule has 2 aromatic heterocycles. The van der Waals surface area contributed by atoms with E-state index in [0.717, 1.165) is 15.7 Å². The Hall–Kier alpha value is -2.90. The van der Waals surface area contributed by atoms with Crippen molar-refractivity contribution in [2.75, 3.05) is 22.2 Å². The van der Waals surface area contributed by atoms with Gasteiger partial charge in [0.2, 0.25) is 22.1 Å². The fourth-order valence-corrected chi connectivity index (χ4v) is 3.95. The number of phenolic OH excluding ortho intramolecular Hbond substituents is 1. The number of carbonyl (C=O) groups excluding carboxylic acids is 1. The summed E-state index contributed by atoms with van der Waals surface area (Å²) in [5.41, 5.74) is 3.52. The monoisotopic (exact) mass is 448 g/mol. The number of phenols is 1. The Morgan fingerprint density at radius 3 is 2.93 bits per heavy atom. The predicted molar refractivity (Wildman–Crippen MR) is 116 cm³/mol. The van der Waals surface area contributed by atoms with E-state index in [4.69, 9.17) is 0 Å². The van der Waals surface area contributed by atoms with E-state index in [1.807, 2.05) is 0 Å². The molecule has 0 aliphatic heterocycles. The van der Waals surface area contributed by atoms with Crippen molar-refractivity contribution in [3.8, 4) is 5.75 Å². The Kier molecular flexibility index (Phi) is 7.61. The van der Waals surface area contributed by atoms with Crippen molar-refractivity contribution in [3.05, 3.63) is 42.5 Å². The lowest BCUT2D eigenvalue weighted by Gasteiger charge is -1.98. The number of aromatic amines is 1. The van der Waals surface area contributed by atoms with Gasteiger partial charge in [-0.05, 0) is 29.8 Å². The van der Waals surface area contributed by atoms with Gasteiger partial charge in [0.1, 0.15) is 5.75 Å². The van der Waals surface area contributed by atoms with Crippen LogP contribution >= 0.6 is 34.9 Å². The van der Waals surface area contributed by atoms with Crippen molar-refractivity contribution in [1.29, 1.82) is 0 Å². The third kappa shape index (κ3) is 6.89. The van der Waals surface area contributed by atoms with Crippen LogP contribution in [0.4, 0.5) is 11.1 Å². The normalized spacial score (nSPS) is 10.9. The first-order valence-electron chi connectivity index (χ1n) is 8.13. The molecule has 150 valence electrons. The summed E-state index contributed by atoms with van der Waals surface area (Å²) in [4.78, 5) is 16.2.